The zero-order valence-corrected chi connectivity index (χ0v) is 15.3. The van der Waals surface area contributed by atoms with Crippen molar-refractivity contribution in [2.24, 2.45) is 0 Å². The van der Waals surface area contributed by atoms with Gasteiger partial charge in [0.1, 0.15) is 5.69 Å². The van der Waals surface area contributed by atoms with Gasteiger partial charge in [-0.15, -0.1) is 0 Å². The Kier molecular flexibility index (Phi) is 5.86. The Balaban J connectivity index is 1.49. The van der Waals surface area contributed by atoms with Gasteiger partial charge in [0, 0.05) is 11.9 Å². The fraction of sp³-hybridized carbons (Fsp3) is 0.286. The molecule has 0 aliphatic heterocycles. The van der Waals surface area contributed by atoms with Crippen molar-refractivity contribution in [3.8, 4) is 0 Å². The third-order valence-electron chi connectivity index (χ3n) is 4.39. The first-order chi connectivity index (χ1) is 13.0. The quantitative estimate of drug-likeness (QED) is 0.649. The first-order valence-electron chi connectivity index (χ1n) is 8.90. The zero-order valence-electron chi connectivity index (χ0n) is 15.3. The molecule has 1 amide bonds. The van der Waals surface area contributed by atoms with Gasteiger partial charge < -0.3 is 14.6 Å². The van der Waals surface area contributed by atoms with Crippen molar-refractivity contribution in [1.82, 2.24) is 10.5 Å². The molecule has 1 heterocycles. The normalized spacial score (nSPS) is 13.1. The van der Waals surface area contributed by atoms with Crippen LogP contribution in [0.2, 0.25) is 0 Å². The van der Waals surface area contributed by atoms with Gasteiger partial charge in [-0.1, -0.05) is 54.5 Å². The summed E-state index contributed by atoms with van der Waals surface area (Å²) >= 11 is 0. The molecule has 0 saturated heterocycles. The summed E-state index contributed by atoms with van der Waals surface area (Å²) in [4.78, 5) is 24.4. The Morgan fingerprint density at radius 3 is 2.56 bits per heavy atom. The number of benzene rings is 2. The average Bonchev–Trinajstić information content (AvgIpc) is 3.09. The maximum absolute atomic E-state index is 12.2. The number of carbonyl (C=O) groups excluding carboxylic acids is 2. The highest BCUT2D eigenvalue weighted by molar-refractivity contribution is 5.86. The molecule has 2 aromatic carbocycles. The number of carbonyl (C=O) groups is 2. The Morgan fingerprint density at radius 2 is 1.78 bits per heavy atom. The van der Waals surface area contributed by atoms with Crippen molar-refractivity contribution in [2.75, 3.05) is 6.54 Å². The zero-order chi connectivity index (χ0) is 19.2. The number of para-hydroxylation sites is 1. The minimum atomic E-state index is -0.876. The van der Waals surface area contributed by atoms with E-state index in [9.17, 15) is 9.59 Å². The fourth-order valence-corrected chi connectivity index (χ4v) is 2.79. The molecular formula is C21H22N2O4. The average molecular weight is 366 g/mol. The third-order valence-corrected chi connectivity index (χ3v) is 4.39. The molecule has 0 fully saturated rings. The first-order valence-corrected chi connectivity index (χ1v) is 8.90. The molecule has 2 atom stereocenters. The Bertz CT molecular complexity index is 920. The minimum Gasteiger partial charge on any atom is -0.452 e. The maximum atomic E-state index is 12.2. The van der Waals surface area contributed by atoms with E-state index >= 15 is 0 Å². The van der Waals surface area contributed by atoms with Gasteiger partial charge in [-0.25, -0.2) is 0 Å². The van der Waals surface area contributed by atoms with Crippen LogP contribution < -0.4 is 5.32 Å². The molecule has 0 unspecified atom stereocenters. The summed E-state index contributed by atoms with van der Waals surface area (Å²) in [6, 6.07) is 17.2. The lowest BCUT2D eigenvalue weighted by Crippen LogP contribution is -2.37. The highest BCUT2D eigenvalue weighted by Crippen LogP contribution is 2.18. The van der Waals surface area contributed by atoms with Gasteiger partial charge in [-0.2, -0.15) is 0 Å². The number of nitrogens with one attached hydrogen (secondary N) is 1. The smallest absolute Gasteiger partial charge is 0.312 e. The van der Waals surface area contributed by atoms with E-state index in [4.69, 9.17) is 9.26 Å². The van der Waals surface area contributed by atoms with E-state index in [2.05, 4.69) is 10.5 Å². The van der Waals surface area contributed by atoms with Gasteiger partial charge >= 0.3 is 5.97 Å². The lowest BCUT2D eigenvalue weighted by Gasteiger charge is -2.16. The topological polar surface area (TPSA) is 81.4 Å². The summed E-state index contributed by atoms with van der Waals surface area (Å²) in [7, 11) is 0. The molecule has 27 heavy (non-hydrogen) atoms. The van der Waals surface area contributed by atoms with E-state index in [0.29, 0.717) is 17.8 Å². The van der Waals surface area contributed by atoms with Crippen LogP contribution in [0.5, 0.6) is 0 Å². The molecule has 6 heteroatoms. The van der Waals surface area contributed by atoms with E-state index in [1.807, 2.05) is 55.5 Å². The van der Waals surface area contributed by atoms with Crippen LogP contribution in [0.3, 0.4) is 0 Å². The van der Waals surface area contributed by atoms with Gasteiger partial charge in [0.05, 0.1) is 6.42 Å². The fourth-order valence-electron chi connectivity index (χ4n) is 2.79. The first kappa shape index (κ1) is 18.6. The number of fused-ring (bicyclic) bond motifs is 1. The van der Waals surface area contributed by atoms with E-state index in [-0.39, 0.29) is 18.2 Å². The molecule has 1 N–H and O–H groups in total. The molecule has 140 valence electrons. The van der Waals surface area contributed by atoms with Crippen molar-refractivity contribution >= 4 is 22.8 Å². The minimum absolute atomic E-state index is 0.0466. The van der Waals surface area contributed by atoms with E-state index in [0.717, 1.165) is 10.9 Å². The van der Waals surface area contributed by atoms with Crippen LogP contribution in [0.15, 0.2) is 59.1 Å². The van der Waals surface area contributed by atoms with Gasteiger partial charge in [0.25, 0.3) is 5.91 Å². The molecule has 0 radical (unpaired) electrons. The van der Waals surface area contributed by atoms with Crippen LogP contribution in [0, 0.1) is 0 Å². The maximum Gasteiger partial charge on any atom is 0.312 e. The van der Waals surface area contributed by atoms with E-state index < -0.39 is 12.1 Å². The second kappa shape index (κ2) is 8.49. The number of esters is 1. The summed E-state index contributed by atoms with van der Waals surface area (Å²) in [6.45, 7) is 4.06. The van der Waals surface area contributed by atoms with Crippen molar-refractivity contribution in [3.63, 3.8) is 0 Å². The lowest BCUT2D eigenvalue weighted by atomic mass is 10.0. The molecule has 0 bridgehead atoms. The van der Waals surface area contributed by atoms with Crippen LogP contribution in [0.4, 0.5) is 0 Å². The van der Waals surface area contributed by atoms with E-state index in [1.165, 1.54) is 0 Å². The largest absolute Gasteiger partial charge is 0.452 e. The van der Waals surface area contributed by atoms with Crippen LogP contribution in [-0.2, 0) is 20.7 Å². The lowest BCUT2D eigenvalue weighted by molar-refractivity contribution is -0.154. The van der Waals surface area contributed by atoms with Crippen LogP contribution in [0.25, 0.3) is 11.0 Å². The van der Waals surface area contributed by atoms with Gasteiger partial charge in [-0.3, -0.25) is 9.59 Å². The third kappa shape index (κ3) is 4.73. The Labute approximate surface area is 157 Å². The number of rotatable bonds is 7. The molecule has 0 spiro atoms. The highest BCUT2D eigenvalue weighted by Gasteiger charge is 2.20. The Morgan fingerprint density at radius 1 is 1.07 bits per heavy atom. The number of aromatic nitrogens is 1. The van der Waals surface area contributed by atoms with Crippen LogP contribution in [0.1, 0.15) is 31.0 Å². The highest BCUT2D eigenvalue weighted by atomic mass is 16.5. The standard InChI is InChI=1S/C21H22N2O4/c1-14(16-8-4-3-5-9-16)13-22-21(25)15(2)26-20(24)12-18-17-10-6-7-11-19(17)27-23-18/h3-11,14-15H,12-13H2,1-2H3,(H,22,25)/t14-,15+/m0/s1. The van der Waals surface area contributed by atoms with Crippen molar-refractivity contribution < 1.29 is 18.8 Å². The summed E-state index contributed by atoms with van der Waals surface area (Å²) in [6.07, 6.45) is -0.923. The Hall–Kier alpha value is -3.15. The van der Waals surface area contributed by atoms with Crippen molar-refractivity contribution in [1.29, 1.82) is 0 Å². The summed E-state index contributed by atoms with van der Waals surface area (Å²) in [5, 5.41) is 7.50. The second-order valence-electron chi connectivity index (χ2n) is 6.49. The SMILES string of the molecule is C[C@@H](OC(=O)Cc1noc2ccccc12)C(=O)NC[C@H](C)c1ccccc1. The van der Waals surface area contributed by atoms with Gasteiger partial charge in [-0.05, 0) is 30.5 Å². The van der Waals surface area contributed by atoms with Crippen LogP contribution in [-0.4, -0.2) is 29.7 Å². The number of hydrogen-bond donors (Lipinski definition) is 1. The molecular weight excluding hydrogens is 344 g/mol. The number of hydrogen-bond acceptors (Lipinski definition) is 5. The summed E-state index contributed by atoms with van der Waals surface area (Å²) < 4.78 is 10.4. The van der Waals surface area contributed by atoms with Crippen LogP contribution >= 0.6 is 0 Å². The summed E-state index contributed by atoms with van der Waals surface area (Å²) in [5.74, 6) is -0.677. The molecule has 3 rings (SSSR count). The second-order valence-corrected chi connectivity index (χ2v) is 6.49. The molecule has 6 nitrogen and oxygen atoms in total. The van der Waals surface area contributed by atoms with Crippen molar-refractivity contribution in [2.45, 2.75) is 32.3 Å². The number of nitrogens with zero attached hydrogens (tertiary/aromatic N) is 1. The predicted molar refractivity (Wildman–Crippen MR) is 101 cm³/mol. The van der Waals surface area contributed by atoms with Gasteiger partial charge in [0.2, 0.25) is 0 Å². The molecule has 0 saturated carbocycles. The molecule has 1 aromatic heterocycles. The van der Waals surface area contributed by atoms with Gasteiger partial charge in [0.15, 0.2) is 11.7 Å². The monoisotopic (exact) mass is 366 g/mol. The van der Waals surface area contributed by atoms with Crippen molar-refractivity contribution in [3.05, 3.63) is 65.9 Å². The molecule has 0 aliphatic rings. The number of ether oxygens (including phenoxy) is 1. The number of amides is 1. The van der Waals surface area contributed by atoms with E-state index in [1.54, 1.807) is 13.0 Å². The summed E-state index contributed by atoms with van der Waals surface area (Å²) in [5.41, 5.74) is 2.25. The molecule has 0 aliphatic carbocycles. The predicted octanol–water partition coefficient (Wildman–Crippen LogP) is 3.22. The molecule has 3 aromatic rings.